The van der Waals surface area contributed by atoms with E-state index < -0.39 is 12.1 Å². The highest BCUT2D eigenvalue weighted by molar-refractivity contribution is 6.21. The average Bonchev–Trinajstić information content (AvgIpc) is 3.03. The number of alkyl halides is 1. The first-order chi connectivity index (χ1) is 15.4. The van der Waals surface area contributed by atoms with Gasteiger partial charge in [-0.1, -0.05) is 24.3 Å². The van der Waals surface area contributed by atoms with E-state index in [0.29, 0.717) is 19.3 Å². The van der Waals surface area contributed by atoms with Crippen LogP contribution in [0.1, 0.15) is 77.6 Å². The summed E-state index contributed by atoms with van der Waals surface area (Å²) >= 11 is 6.74. The number of aliphatic carboxylic acids is 1. The molecule has 1 unspecified atom stereocenters. The van der Waals surface area contributed by atoms with E-state index in [9.17, 15) is 15.0 Å². The van der Waals surface area contributed by atoms with Crippen LogP contribution in [0, 0.1) is 11.8 Å². The zero-order valence-corrected chi connectivity index (χ0v) is 20.0. The predicted molar refractivity (Wildman–Crippen MR) is 126 cm³/mol. The highest BCUT2D eigenvalue weighted by Gasteiger charge is 2.42. The molecule has 0 aromatic heterocycles. The molecule has 0 aromatic rings. The fourth-order valence-corrected chi connectivity index (χ4v) is 4.97. The molecule has 3 N–H and O–H groups in total. The molecule has 7 heteroatoms. The van der Waals surface area contributed by atoms with Gasteiger partial charge in [0.15, 0.2) is 6.29 Å². The van der Waals surface area contributed by atoms with Gasteiger partial charge < -0.3 is 24.8 Å². The topological polar surface area (TPSA) is 96.2 Å². The van der Waals surface area contributed by atoms with Crippen molar-refractivity contribution in [3.63, 3.8) is 0 Å². The second-order valence-electron chi connectivity index (χ2n) is 9.19. The first-order valence-electron chi connectivity index (χ1n) is 12.2. The van der Waals surface area contributed by atoms with Gasteiger partial charge in [0.2, 0.25) is 0 Å². The Balaban J connectivity index is 1.96. The third-order valence-electron chi connectivity index (χ3n) is 6.32. The summed E-state index contributed by atoms with van der Waals surface area (Å²) in [4.78, 5) is 10.6. The molecule has 2 fully saturated rings. The lowest BCUT2D eigenvalue weighted by Crippen LogP contribution is -2.30. The van der Waals surface area contributed by atoms with E-state index in [1.165, 1.54) is 0 Å². The Hall–Kier alpha value is -0.920. The van der Waals surface area contributed by atoms with Crippen LogP contribution in [0.25, 0.3) is 0 Å². The number of halogens is 1. The van der Waals surface area contributed by atoms with Crippen LogP contribution >= 0.6 is 11.6 Å². The molecule has 2 rings (SSSR count). The third kappa shape index (κ3) is 10.3. The molecule has 0 spiro atoms. The number of rotatable bonds is 14. The molecule has 0 amide bonds. The summed E-state index contributed by atoms with van der Waals surface area (Å²) in [6.45, 7) is 2.49. The fraction of sp³-hybridized carbons (Fsp3) is 0.800. The van der Waals surface area contributed by atoms with Gasteiger partial charge in [0, 0.05) is 24.3 Å². The lowest BCUT2D eigenvalue weighted by atomic mass is 9.90. The smallest absolute Gasteiger partial charge is 0.303 e. The molecule has 1 heterocycles. The number of unbranched alkanes of at least 4 members (excludes halogenated alkanes) is 1. The minimum Gasteiger partial charge on any atom is -0.481 e. The lowest BCUT2D eigenvalue weighted by Gasteiger charge is -2.29. The number of allylic oxidation sites excluding steroid dienone is 2. The molecular weight excluding hydrogens is 432 g/mol. The summed E-state index contributed by atoms with van der Waals surface area (Å²) in [5.74, 6) is -0.503. The van der Waals surface area contributed by atoms with Gasteiger partial charge in [-0.15, -0.1) is 11.6 Å². The van der Waals surface area contributed by atoms with Crippen LogP contribution in [0.5, 0.6) is 0 Å². The van der Waals surface area contributed by atoms with Crippen molar-refractivity contribution in [3.8, 4) is 0 Å². The normalized spacial score (nSPS) is 30.8. The second kappa shape index (κ2) is 15.1. The maximum Gasteiger partial charge on any atom is 0.303 e. The Morgan fingerprint density at radius 3 is 2.72 bits per heavy atom. The Kier molecular flexibility index (Phi) is 12.9. The maximum absolute atomic E-state index is 10.6. The van der Waals surface area contributed by atoms with Gasteiger partial charge in [0.05, 0.1) is 18.3 Å². The van der Waals surface area contributed by atoms with E-state index in [4.69, 9.17) is 26.2 Å². The maximum atomic E-state index is 10.6. The van der Waals surface area contributed by atoms with Crippen LogP contribution in [0.2, 0.25) is 0 Å². The van der Waals surface area contributed by atoms with Crippen LogP contribution in [-0.2, 0) is 14.3 Å². The molecule has 1 aliphatic carbocycles. The summed E-state index contributed by atoms with van der Waals surface area (Å²) in [7, 11) is 0. The molecule has 1 saturated heterocycles. The Labute approximate surface area is 197 Å². The summed E-state index contributed by atoms with van der Waals surface area (Å²) in [5.41, 5.74) is 0. The number of aliphatic hydroxyl groups excluding tert-OH is 2. The van der Waals surface area contributed by atoms with Crippen molar-refractivity contribution in [2.45, 2.75) is 108 Å². The van der Waals surface area contributed by atoms with Crippen molar-refractivity contribution in [2.24, 2.45) is 11.8 Å². The Morgan fingerprint density at radius 1 is 1.22 bits per heavy atom. The molecule has 184 valence electrons. The largest absolute Gasteiger partial charge is 0.481 e. The van der Waals surface area contributed by atoms with Crippen LogP contribution in [0.15, 0.2) is 24.3 Å². The number of carboxylic acid groups (broad SMARTS) is 1. The van der Waals surface area contributed by atoms with Crippen LogP contribution < -0.4 is 0 Å². The number of hydrogen-bond donors (Lipinski definition) is 3. The molecule has 0 aromatic carbocycles. The first-order valence-corrected chi connectivity index (χ1v) is 12.6. The van der Waals surface area contributed by atoms with Crippen molar-refractivity contribution in [2.75, 3.05) is 6.61 Å². The summed E-state index contributed by atoms with van der Waals surface area (Å²) in [5, 5.41) is 28.5. The standard InChI is InChI=1S/C25H41ClO6/c1-18(27)9-8-10-19(28)14-15-21-20(11-4-2-3-5-12-24(29)30)22(26)17-23(21)32-25-13-6-7-16-31-25/h2,4,14-15,18-23,25,27-28H,3,5-13,16-17H2,1H3,(H,29,30)/b4-2+,15-14+/t18-,19+,20-,21-,22-,23-,25?/m1/s1. The molecular formula is C25H41ClO6. The van der Waals surface area contributed by atoms with Gasteiger partial charge in [-0.2, -0.15) is 0 Å². The third-order valence-corrected chi connectivity index (χ3v) is 6.83. The zero-order valence-electron chi connectivity index (χ0n) is 19.3. The predicted octanol–water partition coefficient (Wildman–Crippen LogP) is 4.81. The monoisotopic (exact) mass is 472 g/mol. The Morgan fingerprint density at radius 2 is 2.03 bits per heavy atom. The lowest BCUT2D eigenvalue weighted by molar-refractivity contribution is -0.192. The van der Waals surface area contributed by atoms with Gasteiger partial charge in [-0.05, 0) is 77.0 Å². The van der Waals surface area contributed by atoms with E-state index in [1.807, 2.05) is 12.2 Å². The van der Waals surface area contributed by atoms with Gasteiger partial charge in [0.25, 0.3) is 0 Å². The number of carboxylic acids is 1. The van der Waals surface area contributed by atoms with Gasteiger partial charge in [0.1, 0.15) is 0 Å². The van der Waals surface area contributed by atoms with E-state index in [-0.39, 0.29) is 42.1 Å². The molecule has 0 bridgehead atoms. The minimum absolute atomic E-state index is 0.0331. The van der Waals surface area contributed by atoms with E-state index in [0.717, 1.165) is 51.6 Å². The fourth-order valence-electron chi connectivity index (χ4n) is 4.52. The van der Waals surface area contributed by atoms with Crippen LogP contribution in [0.4, 0.5) is 0 Å². The number of aliphatic hydroxyl groups is 2. The average molecular weight is 473 g/mol. The highest BCUT2D eigenvalue weighted by atomic mass is 35.5. The van der Waals surface area contributed by atoms with Crippen LogP contribution in [-0.4, -0.2) is 57.9 Å². The van der Waals surface area contributed by atoms with Crippen molar-refractivity contribution in [1.29, 1.82) is 0 Å². The molecule has 7 atom stereocenters. The molecule has 2 aliphatic rings. The molecule has 1 aliphatic heterocycles. The molecule has 0 radical (unpaired) electrons. The van der Waals surface area contributed by atoms with Crippen molar-refractivity contribution in [3.05, 3.63) is 24.3 Å². The Bertz CT molecular complexity index is 587. The number of hydrogen-bond acceptors (Lipinski definition) is 5. The number of carbonyl (C=O) groups is 1. The second-order valence-corrected chi connectivity index (χ2v) is 9.75. The van der Waals surface area contributed by atoms with Crippen molar-refractivity contribution in [1.82, 2.24) is 0 Å². The minimum atomic E-state index is -0.767. The summed E-state index contributed by atoms with van der Waals surface area (Å²) in [6, 6.07) is 0. The SMILES string of the molecule is C[C@@H](O)CCC[C@H](O)/C=C/[C@@H]1[C@@H](C/C=C/CCCC(=O)O)[C@H](Cl)C[C@H]1OC1CCCCO1. The van der Waals surface area contributed by atoms with E-state index >= 15 is 0 Å². The zero-order chi connectivity index (χ0) is 23.3. The quantitative estimate of drug-likeness (QED) is 0.191. The van der Waals surface area contributed by atoms with E-state index in [2.05, 4.69) is 12.2 Å². The molecule has 32 heavy (non-hydrogen) atoms. The van der Waals surface area contributed by atoms with Gasteiger partial charge >= 0.3 is 5.97 Å². The summed E-state index contributed by atoms with van der Waals surface area (Å²) < 4.78 is 12.1. The highest BCUT2D eigenvalue weighted by Crippen LogP contribution is 2.42. The van der Waals surface area contributed by atoms with E-state index in [1.54, 1.807) is 6.92 Å². The molecule has 6 nitrogen and oxygen atoms in total. The van der Waals surface area contributed by atoms with Gasteiger partial charge in [-0.25, -0.2) is 0 Å². The number of ether oxygens (including phenoxy) is 2. The summed E-state index contributed by atoms with van der Waals surface area (Å²) in [6.07, 6.45) is 15.1. The first kappa shape index (κ1) is 27.3. The van der Waals surface area contributed by atoms with Crippen LogP contribution in [0.3, 0.4) is 0 Å². The molecule has 1 saturated carbocycles. The van der Waals surface area contributed by atoms with Crippen molar-refractivity contribution >= 4 is 17.6 Å². The van der Waals surface area contributed by atoms with Gasteiger partial charge in [-0.3, -0.25) is 4.79 Å². The van der Waals surface area contributed by atoms with Crippen molar-refractivity contribution < 1.29 is 29.6 Å².